The maximum atomic E-state index is 6.30. The monoisotopic (exact) mass is 397 g/mol. The molecule has 2 aromatic heterocycles. The Hall–Kier alpha value is -2.17. The first-order valence-corrected chi connectivity index (χ1v) is 8.65. The van der Waals surface area contributed by atoms with Gasteiger partial charge in [0.15, 0.2) is 0 Å². The summed E-state index contributed by atoms with van der Waals surface area (Å²) in [4.78, 5) is 12.4. The van der Waals surface area contributed by atoms with Crippen LogP contribution in [-0.4, -0.2) is 15.0 Å². The first-order chi connectivity index (χ1) is 11.6. The predicted octanol–water partition coefficient (Wildman–Crippen LogP) is 6.02. The Morgan fingerprint density at radius 2 is 1.75 bits per heavy atom. The summed E-state index contributed by atoms with van der Waals surface area (Å²) in [5.41, 5.74) is 5.81. The first kappa shape index (κ1) is 15.4. The van der Waals surface area contributed by atoms with Gasteiger partial charge in [-0.25, -0.2) is 4.98 Å². The summed E-state index contributed by atoms with van der Waals surface area (Å²) in [5, 5.41) is 0.663. The van der Waals surface area contributed by atoms with Crippen molar-refractivity contribution in [1.82, 2.24) is 15.0 Å². The van der Waals surface area contributed by atoms with Gasteiger partial charge < -0.3 is 4.98 Å². The third-order valence-corrected chi connectivity index (χ3v) is 4.63. The van der Waals surface area contributed by atoms with Crippen molar-refractivity contribution in [3.8, 4) is 22.6 Å². The molecular weight excluding hydrogens is 386 g/mol. The lowest BCUT2D eigenvalue weighted by Gasteiger charge is -2.05. The molecule has 2 aromatic carbocycles. The number of nitrogens with one attached hydrogen (secondary N) is 1. The number of benzene rings is 2. The molecule has 24 heavy (non-hydrogen) atoms. The minimum Gasteiger partial charge on any atom is -0.338 e. The molecule has 0 atom stereocenters. The Bertz CT molecular complexity index is 1040. The van der Waals surface area contributed by atoms with Crippen LogP contribution >= 0.6 is 27.5 Å². The number of nitrogens with zero attached hydrogens (tertiary/aromatic N) is 2. The Morgan fingerprint density at radius 3 is 2.50 bits per heavy atom. The van der Waals surface area contributed by atoms with Crippen LogP contribution in [0.15, 0.2) is 59.2 Å². The Kier molecular flexibility index (Phi) is 3.87. The van der Waals surface area contributed by atoms with E-state index in [9.17, 15) is 0 Å². The second kappa shape index (κ2) is 6.04. The summed E-state index contributed by atoms with van der Waals surface area (Å²) in [6.45, 7) is 1.98. The molecule has 0 aliphatic rings. The zero-order valence-corrected chi connectivity index (χ0v) is 15.2. The summed E-state index contributed by atoms with van der Waals surface area (Å²) < 4.78 is 1.03. The zero-order chi connectivity index (χ0) is 16.7. The summed E-state index contributed by atoms with van der Waals surface area (Å²) in [6, 6.07) is 16.0. The number of halogens is 2. The van der Waals surface area contributed by atoms with Gasteiger partial charge in [-0.2, -0.15) is 0 Å². The fourth-order valence-electron chi connectivity index (χ4n) is 2.65. The van der Waals surface area contributed by atoms with Crippen molar-refractivity contribution < 1.29 is 0 Å². The molecule has 1 N–H and O–H groups in total. The topological polar surface area (TPSA) is 41.6 Å². The minimum atomic E-state index is 0.663. The lowest BCUT2D eigenvalue weighted by Crippen LogP contribution is -1.87. The largest absolute Gasteiger partial charge is 0.338 e. The van der Waals surface area contributed by atoms with Gasteiger partial charge in [0.05, 0.1) is 21.7 Å². The van der Waals surface area contributed by atoms with Crippen molar-refractivity contribution in [1.29, 1.82) is 0 Å². The van der Waals surface area contributed by atoms with Crippen molar-refractivity contribution >= 4 is 38.6 Å². The molecule has 0 unspecified atom stereocenters. The van der Waals surface area contributed by atoms with Gasteiger partial charge in [0.2, 0.25) is 0 Å². The summed E-state index contributed by atoms with van der Waals surface area (Å²) in [5.74, 6) is 0.845. The predicted molar refractivity (Wildman–Crippen MR) is 102 cm³/mol. The van der Waals surface area contributed by atoms with Gasteiger partial charge in [0.1, 0.15) is 5.82 Å². The maximum Gasteiger partial charge on any atom is 0.138 e. The van der Waals surface area contributed by atoms with Crippen LogP contribution in [0.3, 0.4) is 0 Å². The normalized spacial score (nSPS) is 11.1. The zero-order valence-electron chi connectivity index (χ0n) is 12.8. The molecule has 3 nitrogen and oxygen atoms in total. The molecule has 0 bridgehead atoms. The molecular formula is C19H13BrClN3. The van der Waals surface area contributed by atoms with E-state index in [4.69, 9.17) is 11.6 Å². The average molecular weight is 399 g/mol. The highest BCUT2D eigenvalue weighted by Crippen LogP contribution is 2.29. The van der Waals surface area contributed by atoms with Crippen LogP contribution in [0, 0.1) is 6.92 Å². The van der Waals surface area contributed by atoms with E-state index in [0.29, 0.717) is 5.02 Å². The van der Waals surface area contributed by atoms with Crippen LogP contribution in [0.1, 0.15) is 5.56 Å². The number of fused-ring (bicyclic) bond motifs is 1. The highest BCUT2D eigenvalue weighted by atomic mass is 79.9. The number of pyridine rings is 1. The molecule has 0 saturated heterocycles. The number of rotatable bonds is 2. The van der Waals surface area contributed by atoms with Crippen LogP contribution in [0.5, 0.6) is 0 Å². The van der Waals surface area contributed by atoms with E-state index in [1.165, 1.54) is 0 Å². The molecule has 0 aliphatic carbocycles. The summed E-state index contributed by atoms with van der Waals surface area (Å²) in [7, 11) is 0. The molecule has 4 rings (SSSR count). The lowest BCUT2D eigenvalue weighted by atomic mass is 10.1. The minimum absolute atomic E-state index is 0.663. The van der Waals surface area contributed by atoms with E-state index in [2.05, 4.69) is 30.9 Å². The molecule has 2 heterocycles. The Balaban J connectivity index is 1.72. The van der Waals surface area contributed by atoms with Crippen LogP contribution < -0.4 is 0 Å². The number of hydrogen-bond donors (Lipinski definition) is 1. The van der Waals surface area contributed by atoms with E-state index in [1.807, 2.05) is 61.7 Å². The van der Waals surface area contributed by atoms with Gasteiger partial charge >= 0.3 is 0 Å². The highest BCUT2D eigenvalue weighted by molar-refractivity contribution is 9.10. The van der Waals surface area contributed by atoms with Crippen LogP contribution in [0.4, 0.5) is 0 Å². The summed E-state index contributed by atoms with van der Waals surface area (Å²) in [6.07, 6.45) is 1.83. The number of aromatic amines is 1. The molecule has 0 aliphatic heterocycles. The third-order valence-electron chi connectivity index (χ3n) is 3.85. The van der Waals surface area contributed by atoms with Gasteiger partial charge in [0.25, 0.3) is 0 Å². The van der Waals surface area contributed by atoms with E-state index >= 15 is 0 Å². The number of imidazole rings is 1. The summed E-state index contributed by atoms with van der Waals surface area (Å²) >= 11 is 9.78. The molecule has 0 fully saturated rings. The Labute approximate surface area is 152 Å². The van der Waals surface area contributed by atoms with E-state index in [1.54, 1.807) is 0 Å². The molecule has 4 aromatic rings. The standard InChI is InChI=1S/C19H13BrClN3/c1-11-8-15(21)18(22-10-11)12-2-4-13(5-3-12)19-23-16-7-6-14(20)9-17(16)24-19/h2-10H,1H3,(H,23,24). The second-order valence-corrected chi connectivity index (χ2v) is 6.99. The van der Waals surface area contributed by atoms with Crippen molar-refractivity contribution in [2.45, 2.75) is 6.92 Å². The van der Waals surface area contributed by atoms with Crippen molar-refractivity contribution in [2.75, 3.05) is 0 Å². The molecule has 5 heteroatoms. The maximum absolute atomic E-state index is 6.30. The van der Waals surface area contributed by atoms with Crippen LogP contribution in [0.2, 0.25) is 5.02 Å². The number of aromatic nitrogens is 3. The molecule has 0 amide bonds. The van der Waals surface area contributed by atoms with Gasteiger partial charge in [-0.1, -0.05) is 51.8 Å². The van der Waals surface area contributed by atoms with E-state index in [0.717, 1.165) is 43.7 Å². The Morgan fingerprint density at radius 1 is 1.00 bits per heavy atom. The van der Waals surface area contributed by atoms with Crippen LogP contribution in [0.25, 0.3) is 33.7 Å². The fourth-order valence-corrected chi connectivity index (χ4v) is 3.34. The molecule has 0 radical (unpaired) electrons. The van der Waals surface area contributed by atoms with Crippen molar-refractivity contribution in [3.05, 3.63) is 69.8 Å². The van der Waals surface area contributed by atoms with Crippen molar-refractivity contribution in [3.63, 3.8) is 0 Å². The van der Waals surface area contributed by atoms with Gasteiger partial charge in [-0.15, -0.1) is 0 Å². The third kappa shape index (κ3) is 2.83. The number of H-pyrrole nitrogens is 1. The van der Waals surface area contributed by atoms with E-state index < -0.39 is 0 Å². The van der Waals surface area contributed by atoms with Gasteiger partial charge in [0, 0.05) is 21.8 Å². The molecule has 0 saturated carbocycles. The number of hydrogen-bond acceptors (Lipinski definition) is 2. The quantitative estimate of drug-likeness (QED) is 0.449. The van der Waals surface area contributed by atoms with E-state index in [-0.39, 0.29) is 0 Å². The molecule has 0 spiro atoms. The van der Waals surface area contributed by atoms with Crippen molar-refractivity contribution in [2.24, 2.45) is 0 Å². The van der Waals surface area contributed by atoms with Crippen LogP contribution in [-0.2, 0) is 0 Å². The SMILES string of the molecule is Cc1cnc(-c2ccc(-c3nc4ccc(Br)cc4[nH]3)cc2)c(Cl)c1. The molecule has 118 valence electrons. The van der Waals surface area contributed by atoms with Gasteiger partial charge in [-0.05, 0) is 36.8 Å². The fraction of sp³-hybridized carbons (Fsp3) is 0.0526. The smallest absolute Gasteiger partial charge is 0.138 e. The average Bonchev–Trinajstić information content (AvgIpc) is 2.98. The second-order valence-electron chi connectivity index (χ2n) is 5.67. The highest BCUT2D eigenvalue weighted by Gasteiger charge is 2.08. The van der Waals surface area contributed by atoms with Gasteiger partial charge in [-0.3, -0.25) is 4.98 Å². The first-order valence-electron chi connectivity index (χ1n) is 7.48. The number of aryl methyl sites for hydroxylation is 1. The lowest BCUT2D eigenvalue weighted by molar-refractivity contribution is 1.27.